The van der Waals surface area contributed by atoms with Crippen LogP contribution in [0.4, 0.5) is 0 Å². The van der Waals surface area contributed by atoms with Crippen molar-refractivity contribution in [3.8, 4) is 11.3 Å². The highest BCUT2D eigenvalue weighted by Gasteiger charge is 2.20. The first-order valence-corrected chi connectivity index (χ1v) is 5.79. The van der Waals surface area contributed by atoms with E-state index in [0.29, 0.717) is 11.1 Å². The van der Waals surface area contributed by atoms with Crippen LogP contribution in [0.15, 0.2) is 40.9 Å². The van der Waals surface area contributed by atoms with Gasteiger partial charge < -0.3 is 9.63 Å². The monoisotopic (exact) mass is 274 g/mol. The molecule has 2 aromatic heterocycles. The number of benzene rings is 1. The van der Waals surface area contributed by atoms with Crippen molar-refractivity contribution < 1.29 is 14.4 Å². The summed E-state index contributed by atoms with van der Waals surface area (Å²) >= 11 is 5.76. The van der Waals surface area contributed by atoms with Gasteiger partial charge in [-0.25, -0.2) is 4.79 Å². The van der Waals surface area contributed by atoms with E-state index in [4.69, 9.17) is 16.1 Å². The number of carbonyl (C=O) groups is 1. The van der Waals surface area contributed by atoms with Gasteiger partial charge in [0.15, 0.2) is 0 Å². The summed E-state index contributed by atoms with van der Waals surface area (Å²) in [7, 11) is 0. The normalized spacial score (nSPS) is 10.8. The van der Waals surface area contributed by atoms with Crippen LogP contribution in [-0.2, 0) is 0 Å². The minimum absolute atomic E-state index is 0.0232. The van der Waals surface area contributed by atoms with Crippen molar-refractivity contribution in [1.29, 1.82) is 0 Å². The van der Waals surface area contributed by atoms with Gasteiger partial charge in [0.25, 0.3) is 5.71 Å². The maximum absolute atomic E-state index is 11.3. The SMILES string of the molecule is O=C(O)c1cc(Cl)nc2onc(-c3ccccc3)c12. The Labute approximate surface area is 112 Å². The van der Waals surface area contributed by atoms with Crippen LogP contribution in [-0.4, -0.2) is 21.2 Å². The number of carboxylic acid groups (broad SMARTS) is 1. The molecule has 19 heavy (non-hydrogen) atoms. The Balaban J connectivity index is 2.36. The zero-order valence-corrected chi connectivity index (χ0v) is 10.3. The Kier molecular flexibility index (Phi) is 2.68. The van der Waals surface area contributed by atoms with E-state index in [0.717, 1.165) is 5.56 Å². The fourth-order valence-electron chi connectivity index (χ4n) is 1.88. The van der Waals surface area contributed by atoms with Crippen LogP contribution in [0.3, 0.4) is 0 Å². The van der Waals surface area contributed by atoms with Gasteiger partial charge in [0.2, 0.25) is 0 Å². The number of hydrogen-bond donors (Lipinski definition) is 1. The van der Waals surface area contributed by atoms with Crippen molar-refractivity contribution in [3.05, 3.63) is 47.1 Å². The van der Waals surface area contributed by atoms with Crippen LogP contribution in [0.1, 0.15) is 10.4 Å². The van der Waals surface area contributed by atoms with Gasteiger partial charge in [0.1, 0.15) is 10.8 Å². The summed E-state index contributed by atoms with van der Waals surface area (Å²) in [5.41, 5.74) is 1.34. The van der Waals surface area contributed by atoms with Crippen molar-refractivity contribution in [2.75, 3.05) is 0 Å². The molecule has 0 saturated carbocycles. The predicted molar refractivity (Wildman–Crippen MR) is 69.2 cm³/mol. The van der Waals surface area contributed by atoms with Crippen LogP contribution in [0, 0.1) is 0 Å². The molecule has 0 amide bonds. The molecule has 1 N–H and O–H groups in total. The molecule has 0 radical (unpaired) electrons. The Morgan fingerprint density at radius 2 is 2.00 bits per heavy atom. The standard InChI is InChI=1S/C13H7ClN2O3/c14-9-6-8(13(17)18)10-11(16-19-12(10)15-9)7-4-2-1-3-5-7/h1-6H,(H,17,18). The average Bonchev–Trinajstić information content (AvgIpc) is 2.82. The zero-order chi connectivity index (χ0) is 13.4. The number of nitrogens with zero attached hydrogens (tertiary/aromatic N) is 2. The molecule has 0 atom stereocenters. The molecule has 3 aromatic rings. The first-order valence-electron chi connectivity index (χ1n) is 5.41. The molecule has 0 aliphatic heterocycles. The molecule has 5 nitrogen and oxygen atoms in total. The topological polar surface area (TPSA) is 76.2 Å². The number of fused-ring (bicyclic) bond motifs is 1. The lowest BCUT2D eigenvalue weighted by Gasteiger charge is -2.00. The zero-order valence-electron chi connectivity index (χ0n) is 9.50. The minimum Gasteiger partial charge on any atom is -0.478 e. The van der Waals surface area contributed by atoms with E-state index in [1.165, 1.54) is 6.07 Å². The molecule has 2 heterocycles. The van der Waals surface area contributed by atoms with Crippen molar-refractivity contribution >= 4 is 28.7 Å². The van der Waals surface area contributed by atoms with E-state index in [-0.39, 0.29) is 16.4 Å². The first kappa shape index (κ1) is 11.7. The third-order valence-corrected chi connectivity index (χ3v) is 2.89. The fourth-order valence-corrected chi connectivity index (χ4v) is 2.07. The third-order valence-electron chi connectivity index (χ3n) is 2.69. The highest BCUT2D eigenvalue weighted by Crippen LogP contribution is 2.31. The number of carboxylic acids is 1. The Hall–Kier alpha value is -2.40. The molecule has 0 aliphatic carbocycles. The molecular weight excluding hydrogens is 268 g/mol. The van der Waals surface area contributed by atoms with Crippen LogP contribution in [0.25, 0.3) is 22.4 Å². The van der Waals surface area contributed by atoms with Crippen molar-refractivity contribution in [1.82, 2.24) is 10.1 Å². The Bertz CT molecular complexity index is 768. The molecule has 0 bridgehead atoms. The van der Waals surface area contributed by atoms with Gasteiger partial charge in [-0.05, 0) is 6.07 Å². The maximum Gasteiger partial charge on any atom is 0.336 e. The van der Waals surface area contributed by atoms with Crippen molar-refractivity contribution in [2.45, 2.75) is 0 Å². The predicted octanol–water partition coefficient (Wildman–Crippen LogP) is 3.24. The van der Waals surface area contributed by atoms with Crippen molar-refractivity contribution in [2.24, 2.45) is 0 Å². The highest BCUT2D eigenvalue weighted by atomic mass is 35.5. The van der Waals surface area contributed by atoms with E-state index in [2.05, 4.69) is 10.1 Å². The summed E-state index contributed by atoms with van der Waals surface area (Å²) in [5.74, 6) is -1.10. The second-order valence-corrected chi connectivity index (χ2v) is 4.26. The molecule has 0 fully saturated rings. The van der Waals surface area contributed by atoms with E-state index in [1.807, 2.05) is 30.3 Å². The van der Waals surface area contributed by atoms with Gasteiger partial charge in [0.05, 0.1) is 10.9 Å². The lowest BCUT2D eigenvalue weighted by Crippen LogP contribution is -1.98. The van der Waals surface area contributed by atoms with E-state index in [9.17, 15) is 9.90 Å². The number of halogens is 1. The van der Waals surface area contributed by atoms with Crippen LogP contribution in [0.2, 0.25) is 5.15 Å². The minimum atomic E-state index is -1.10. The van der Waals surface area contributed by atoms with E-state index < -0.39 is 5.97 Å². The van der Waals surface area contributed by atoms with Crippen molar-refractivity contribution in [3.63, 3.8) is 0 Å². The molecule has 0 spiro atoms. The lowest BCUT2D eigenvalue weighted by molar-refractivity contribution is 0.0699. The first-order chi connectivity index (χ1) is 9.16. The summed E-state index contributed by atoms with van der Waals surface area (Å²) in [6, 6.07) is 10.4. The quantitative estimate of drug-likeness (QED) is 0.726. The molecule has 0 unspecified atom stereocenters. The Morgan fingerprint density at radius 1 is 1.26 bits per heavy atom. The number of hydrogen-bond acceptors (Lipinski definition) is 4. The summed E-state index contributed by atoms with van der Waals surface area (Å²) in [6.45, 7) is 0. The summed E-state index contributed by atoms with van der Waals surface area (Å²) in [4.78, 5) is 15.2. The van der Waals surface area contributed by atoms with Crippen LogP contribution in [0.5, 0.6) is 0 Å². The molecule has 3 rings (SSSR count). The van der Waals surface area contributed by atoms with Crippen LogP contribution < -0.4 is 0 Å². The molecular formula is C13H7ClN2O3. The number of aromatic carboxylic acids is 1. The summed E-state index contributed by atoms with van der Waals surface area (Å²) in [6.07, 6.45) is 0. The van der Waals surface area contributed by atoms with E-state index >= 15 is 0 Å². The largest absolute Gasteiger partial charge is 0.478 e. The summed E-state index contributed by atoms with van der Waals surface area (Å²) < 4.78 is 5.07. The molecule has 0 saturated heterocycles. The second-order valence-electron chi connectivity index (χ2n) is 3.88. The lowest BCUT2D eigenvalue weighted by atomic mass is 10.1. The highest BCUT2D eigenvalue weighted by molar-refractivity contribution is 6.30. The molecule has 6 heteroatoms. The van der Waals surface area contributed by atoms with Gasteiger partial charge in [-0.15, -0.1) is 0 Å². The van der Waals surface area contributed by atoms with Gasteiger partial charge in [0, 0.05) is 5.56 Å². The number of rotatable bonds is 2. The van der Waals surface area contributed by atoms with Gasteiger partial charge >= 0.3 is 5.97 Å². The number of pyridine rings is 1. The average molecular weight is 275 g/mol. The van der Waals surface area contributed by atoms with Gasteiger partial charge in [-0.2, -0.15) is 4.98 Å². The molecule has 0 aliphatic rings. The molecule has 94 valence electrons. The smallest absolute Gasteiger partial charge is 0.336 e. The summed E-state index contributed by atoms with van der Waals surface area (Å²) in [5, 5.41) is 13.5. The Morgan fingerprint density at radius 3 is 2.68 bits per heavy atom. The number of aromatic nitrogens is 2. The van der Waals surface area contributed by atoms with Crippen LogP contribution >= 0.6 is 11.6 Å². The van der Waals surface area contributed by atoms with Gasteiger partial charge in [-0.3, -0.25) is 0 Å². The van der Waals surface area contributed by atoms with Gasteiger partial charge in [-0.1, -0.05) is 47.1 Å². The second kappa shape index (κ2) is 4.37. The molecule has 1 aromatic carbocycles. The van der Waals surface area contributed by atoms with E-state index in [1.54, 1.807) is 0 Å². The maximum atomic E-state index is 11.3. The fraction of sp³-hybridized carbons (Fsp3) is 0. The third kappa shape index (κ3) is 1.94.